The molecule has 0 radical (unpaired) electrons. The largest absolute Gasteiger partial charge is 0.480 e. The molecule has 0 aromatic carbocycles. The van der Waals surface area contributed by atoms with E-state index in [4.69, 9.17) is 5.11 Å². The van der Waals surface area contributed by atoms with Crippen LogP contribution in [0.15, 0.2) is 0 Å². The summed E-state index contributed by atoms with van der Waals surface area (Å²) in [6.07, 6.45) is 4.54. The van der Waals surface area contributed by atoms with Gasteiger partial charge in [0.1, 0.15) is 6.04 Å². The molecule has 1 atom stereocenters. The summed E-state index contributed by atoms with van der Waals surface area (Å²) < 4.78 is 0. The maximum atomic E-state index is 12.5. The molecule has 0 aliphatic carbocycles. The van der Waals surface area contributed by atoms with E-state index in [-0.39, 0.29) is 12.1 Å². The second kappa shape index (κ2) is 7.36. The van der Waals surface area contributed by atoms with Crippen molar-refractivity contribution in [3.63, 3.8) is 0 Å². The molecule has 0 aromatic rings. The highest BCUT2D eigenvalue weighted by molar-refractivity contribution is 5.83. The number of likely N-dealkylation sites (tertiary alicyclic amines) is 1. The summed E-state index contributed by atoms with van der Waals surface area (Å²) in [6, 6.07) is -0.643. The second-order valence-corrected chi connectivity index (χ2v) is 5.47. The molecule has 1 unspecified atom stereocenters. The Hall–Kier alpha value is -1.26. The maximum Gasteiger partial charge on any atom is 0.326 e. The van der Waals surface area contributed by atoms with E-state index in [1.165, 1.54) is 4.90 Å². The molecule has 0 saturated carbocycles. The normalized spacial score (nSPS) is 18.9. The predicted molar refractivity (Wildman–Crippen MR) is 74.1 cm³/mol. The fourth-order valence-corrected chi connectivity index (χ4v) is 2.52. The number of hydrogen-bond acceptors (Lipinski definition) is 2. The lowest BCUT2D eigenvalue weighted by Gasteiger charge is -2.33. The Kier molecular flexibility index (Phi) is 6.12. The Morgan fingerprint density at radius 3 is 2.58 bits per heavy atom. The average Bonchev–Trinajstić information content (AvgIpc) is 2.82. The molecular formula is C14H26N2O3. The van der Waals surface area contributed by atoms with Gasteiger partial charge in [-0.2, -0.15) is 0 Å². The Morgan fingerprint density at radius 1 is 1.37 bits per heavy atom. The van der Waals surface area contributed by atoms with Crippen LogP contribution in [0, 0.1) is 0 Å². The van der Waals surface area contributed by atoms with Crippen molar-refractivity contribution in [3.8, 4) is 0 Å². The fraction of sp³-hybridized carbons (Fsp3) is 0.857. The Balaban J connectivity index is 2.67. The molecule has 0 spiro atoms. The fourth-order valence-electron chi connectivity index (χ4n) is 2.52. The van der Waals surface area contributed by atoms with E-state index in [9.17, 15) is 9.59 Å². The number of unbranched alkanes of at least 4 members (excludes halogenated alkanes) is 2. The van der Waals surface area contributed by atoms with Crippen molar-refractivity contribution in [3.05, 3.63) is 0 Å². The summed E-state index contributed by atoms with van der Waals surface area (Å²) in [6.45, 7) is 7.37. The van der Waals surface area contributed by atoms with E-state index >= 15 is 0 Å². The number of carboxylic acids is 1. The number of aliphatic carboxylic acids is 1. The molecule has 5 nitrogen and oxygen atoms in total. The van der Waals surface area contributed by atoms with Crippen molar-refractivity contribution in [2.75, 3.05) is 13.1 Å². The third-order valence-electron chi connectivity index (χ3n) is 3.66. The van der Waals surface area contributed by atoms with Crippen molar-refractivity contribution in [2.45, 2.75) is 65.0 Å². The second-order valence-electron chi connectivity index (χ2n) is 5.47. The lowest BCUT2D eigenvalue weighted by atomic mass is 10.2. The number of carbonyl (C=O) groups is 2. The van der Waals surface area contributed by atoms with Gasteiger partial charge in [0.05, 0.1) is 0 Å². The van der Waals surface area contributed by atoms with Gasteiger partial charge in [0.2, 0.25) is 0 Å². The zero-order valence-corrected chi connectivity index (χ0v) is 12.3. The van der Waals surface area contributed by atoms with Gasteiger partial charge in [-0.05, 0) is 33.1 Å². The number of carbonyl (C=O) groups excluding carboxylic acids is 1. The van der Waals surface area contributed by atoms with E-state index in [1.54, 1.807) is 4.90 Å². The van der Waals surface area contributed by atoms with Gasteiger partial charge in [0.15, 0.2) is 0 Å². The first-order chi connectivity index (χ1) is 8.99. The van der Waals surface area contributed by atoms with Crippen LogP contribution in [0.3, 0.4) is 0 Å². The van der Waals surface area contributed by atoms with Gasteiger partial charge in [0.25, 0.3) is 0 Å². The van der Waals surface area contributed by atoms with Crippen molar-refractivity contribution in [1.82, 2.24) is 9.80 Å². The first kappa shape index (κ1) is 15.8. The summed E-state index contributed by atoms with van der Waals surface area (Å²) in [7, 11) is 0. The summed E-state index contributed by atoms with van der Waals surface area (Å²) in [5.74, 6) is -0.886. The highest BCUT2D eigenvalue weighted by Gasteiger charge is 2.36. The smallest absolute Gasteiger partial charge is 0.326 e. The van der Waals surface area contributed by atoms with Crippen molar-refractivity contribution in [1.29, 1.82) is 0 Å². The molecule has 2 amide bonds. The van der Waals surface area contributed by atoms with Crippen LogP contribution in [0.1, 0.15) is 52.9 Å². The predicted octanol–water partition coefficient (Wildman–Crippen LogP) is 2.56. The highest BCUT2D eigenvalue weighted by Crippen LogP contribution is 2.20. The number of rotatable bonds is 6. The molecule has 1 aliphatic heterocycles. The van der Waals surface area contributed by atoms with Crippen LogP contribution in [0.2, 0.25) is 0 Å². The van der Waals surface area contributed by atoms with E-state index in [0.717, 1.165) is 25.7 Å². The van der Waals surface area contributed by atoms with Crippen LogP contribution in [0.5, 0.6) is 0 Å². The van der Waals surface area contributed by atoms with Gasteiger partial charge in [-0.1, -0.05) is 19.8 Å². The number of amides is 2. The molecule has 1 rings (SSSR count). The molecule has 110 valence electrons. The Morgan fingerprint density at radius 2 is 2.05 bits per heavy atom. The molecule has 1 fully saturated rings. The van der Waals surface area contributed by atoms with E-state index in [1.807, 2.05) is 13.8 Å². The van der Waals surface area contributed by atoms with E-state index < -0.39 is 12.0 Å². The lowest BCUT2D eigenvalue weighted by molar-refractivity contribution is -0.141. The molecule has 1 saturated heterocycles. The van der Waals surface area contributed by atoms with Crippen molar-refractivity contribution < 1.29 is 14.7 Å². The molecule has 0 bridgehead atoms. The zero-order chi connectivity index (χ0) is 14.4. The lowest BCUT2D eigenvalue weighted by Crippen LogP contribution is -2.50. The Bertz CT molecular complexity index is 318. The number of nitrogens with zero attached hydrogens (tertiary/aromatic N) is 2. The first-order valence-electron chi connectivity index (χ1n) is 7.29. The minimum atomic E-state index is -0.886. The van der Waals surface area contributed by atoms with Crippen LogP contribution < -0.4 is 0 Å². The summed E-state index contributed by atoms with van der Waals surface area (Å²) >= 11 is 0. The monoisotopic (exact) mass is 270 g/mol. The third-order valence-corrected chi connectivity index (χ3v) is 3.66. The van der Waals surface area contributed by atoms with Crippen LogP contribution in [0.25, 0.3) is 0 Å². The average molecular weight is 270 g/mol. The maximum absolute atomic E-state index is 12.5. The van der Waals surface area contributed by atoms with Crippen LogP contribution in [-0.2, 0) is 4.79 Å². The van der Waals surface area contributed by atoms with Crippen molar-refractivity contribution >= 4 is 12.0 Å². The topological polar surface area (TPSA) is 60.9 Å². The molecule has 1 N–H and O–H groups in total. The standard InChI is InChI=1S/C14H26N2O3/c1-4-5-6-9-15(11(2)3)14(19)16-10-7-8-12(16)13(17)18/h11-12H,4-10H2,1-3H3,(H,17,18). The van der Waals surface area contributed by atoms with Gasteiger partial charge in [-0.25, -0.2) is 9.59 Å². The molecule has 0 aromatic heterocycles. The summed E-state index contributed by atoms with van der Waals surface area (Å²) in [5, 5.41) is 9.15. The number of urea groups is 1. The van der Waals surface area contributed by atoms with Crippen molar-refractivity contribution in [2.24, 2.45) is 0 Å². The highest BCUT2D eigenvalue weighted by atomic mass is 16.4. The number of hydrogen-bond donors (Lipinski definition) is 1. The summed E-state index contributed by atoms with van der Waals surface area (Å²) in [4.78, 5) is 27.0. The first-order valence-corrected chi connectivity index (χ1v) is 7.29. The number of carboxylic acid groups (broad SMARTS) is 1. The van der Waals surface area contributed by atoms with Gasteiger partial charge in [-0.3, -0.25) is 0 Å². The van der Waals surface area contributed by atoms with Crippen LogP contribution in [-0.4, -0.2) is 52.1 Å². The van der Waals surface area contributed by atoms with Gasteiger partial charge >= 0.3 is 12.0 Å². The van der Waals surface area contributed by atoms with Gasteiger partial charge in [-0.15, -0.1) is 0 Å². The van der Waals surface area contributed by atoms with E-state index in [0.29, 0.717) is 19.5 Å². The summed E-state index contributed by atoms with van der Waals surface area (Å²) in [5.41, 5.74) is 0. The zero-order valence-electron chi connectivity index (χ0n) is 12.3. The quantitative estimate of drug-likeness (QED) is 0.754. The molecule has 19 heavy (non-hydrogen) atoms. The van der Waals surface area contributed by atoms with Crippen LogP contribution >= 0.6 is 0 Å². The van der Waals surface area contributed by atoms with Crippen LogP contribution in [0.4, 0.5) is 4.79 Å². The SMILES string of the molecule is CCCCCN(C(=O)N1CCCC1C(=O)O)C(C)C. The molecule has 1 heterocycles. The molecule has 1 aliphatic rings. The van der Waals surface area contributed by atoms with E-state index in [2.05, 4.69) is 6.92 Å². The minimum absolute atomic E-state index is 0.111. The molecule has 5 heteroatoms. The van der Waals surface area contributed by atoms with Gasteiger partial charge < -0.3 is 14.9 Å². The molecular weight excluding hydrogens is 244 g/mol. The minimum Gasteiger partial charge on any atom is -0.480 e. The van der Waals surface area contributed by atoms with Gasteiger partial charge in [0, 0.05) is 19.1 Å². The third kappa shape index (κ3) is 4.11. The Labute approximate surface area is 115 Å².